The monoisotopic (exact) mass is 266 g/mol. The molecule has 20 heavy (non-hydrogen) atoms. The Morgan fingerprint density at radius 1 is 0.700 bits per heavy atom. The van der Waals surface area contributed by atoms with Crippen LogP contribution in [0, 0.1) is 0 Å². The topological polar surface area (TPSA) is 18.5 Å². The molecule has 3 aromatic rings. The molecule has 0 aromatic heterocycles. The highest BCUT2D eigenvalue weighted by atomic mass is 16.5. The van der Waals surface area contributed by atoms with Gasteiger partial charge in [0.2, 0.25) is 0 Å². The van der Waals surface area contributed by atoms with E-state index in [-0.39, 0.29) is 0 Å². The van der Waals surface area contributed by atoms with Gasteiger partial charge in [-0.2, -0.15) is 0 Å². The lowest BCUT2D eigenvalue weighted by molar-refractivity contribution is 0.344. The lowest BCUT2D eigenvalue weighted by Crippen LogP contribution is -1.94. The maximum Gasteiger partial charge on any atom is 0.127 e. The van der Waals surface area contributed by atoms with E-state index in [2.05, 4.69) is 24.3 Å². The van der Waals surface area contributed by atoms with Crippen molar-refractivity contribution in [1.82, 2.24) is 0 Å². The Labute approximate surface area is 118 Å². The van der Waals surface area contributed by atoms with Crippen LogP contribution in [0.25, 0.3) is 21.5 Å². The van der Waals surface area contributed by atoms with Gasteiger partial charge in [-0.3, -0.25) is 0 Å². The number of benzene rings is 3. The average Bonchev–Trinajstić information content (AvgIpc) is 2.47. The van der Waals surface area contributed by atoms with E-state index in [1.165, 1.54) is 10.8 Å². The third-order valence-electron chi connectivity index (χ3n) is 3.40. The van der Waals surface area contributed by atoms with Crippen LogP contribution in [0.1, 0.15) is 13.8 Å². The molecule has 0 aliphatic carbocycles. The zero-order valence-corrected chi connectivity index (χ0v) is 11.8. The quantitative estimate of drug-likeness (QED) is 0.632. The number of hydrogen-bond donors (Lipinski definition) is 0. The smallest absolute Gasteiger partial charge is 0.127 e. The van der Waals surface area contributed by atoms with Crippen molar-refractivity contribution in [1.29, 1.82) is 0 Å². The molecule has 0 atom stereocenters. The molecule has 102 valence electrons. The van der Waals surface area contributed by atoms with Crippen molar-refractivity contribution >= 4 is 21.5 Å². The van der Waals surface area contributed by atoms with Gasteiger partial charge in [0.25, 0.3) is 0 Å². The minimum atomic E-state index is 0.677. The van der Waals surface area contributed by atoms with Crippen LogP contribution in [0.2, 0.25) is 0 Å². The summed E-state index contributed by atoms with van der Waals surface area (Å²) in [5.41, 5.74) is 0. The second-order valence-electron chi connectivity index (χ2n) is 4.67. The first-order chi connectivity index (χ1) is 9.83. The van der Waals surface area contributed by atoms with Crippen LogP contribution in [0.4, 0.5) is 0 Å². The zero-order chi connectivity index (χ0) is 13.9. The summed E-state index contributed by atoms with van der Waals surface area (Å²) in [7, 11) is 0. The van der Waals surface area contributed by atoms with E-state index in [0.717, 1.165) is 22.3 Å². The van der Waals surface area contributed by atoms with Crippen LogP contribution in [0.15, 0.2) is 48.5 Å². The van der Waals surface area contributed by atoms with Crippen molar-refractivity contribution in [3.8, 4) is 11.5 Å². The molecule has 0 bridgehead atoms. The Hall–Kier alpha value is -2.22. The maximum atomic E-state index is 5.71. The van der Waals surface area contributed by atoms with Gasteiger partial charge < -0.3 is 9.47 Å². The summed E-state index contributed by atoms with van der Waals surface area (Å²) in [6, 6.07) is 16.7. The predicted octanol–water partition coefficient (Wildman–Crippen LogP) is 4.79. The predicted molar refractivity (Wildman–Crippen MR) is 83.8 cm³/mol. The van der Waals surface area contributed by atoms with Crippen molar-refractivity contribution in [3.63, 3.8) is 0 Å². The van der Waals surface area contributed by atoms with Crippen molar-refractivity contribution in [2.24, 2.45) is 0 Å². The minimum Gasteiger partial charge on any atom is -0.493 e. The molecule has 0 unspecified atom stereocenters. The van der Waals surface area contributed by atoms with E-state index in [1.54, 1.807) is 0 Å². The molecule has 3 aromatic carbocycles. The molecule has 2 nitrogen and oxygen atoms in total. The van der Waals surface area contributed by atoms with Crippen molar-refractivity contribution in [3.05, 3.63) is 48.5 Å². The highest BCUT2D eigenvalue weighted by molar-refractivity contribution is 6.03. The summed E-state index contributed by atoms with van der Waals surface area (Å²) in [5.74, 6) is 1.88. The lowest BCUT2D eigenvalue weighted by atomic mass is 10.0. The van der Waals surface area contributed by atoms with Crippen LogP contribution in [-0.4, -0.2) is 13.2 Å². The molecule has 0 saturated carbocycles. The van der Waals surface area contributed by atoms with E-state index in [1.807, 2.05) is 38.1 Å². The van der Waals surface area contributed by atoms with Crippen LogP contribution >= 0.6 is 0 Å². The lowest BCUT2D eigenvalue weighted by Gasteiger charge is -2.11. The summed E-state index contributed by atoms with van der Waals surface area (Å²) in [5, 5.41) is 4.65. The van der Waals surface area contributed by atoms with Gasteiger partial charge in [0, 0.05) is 10.8 Å². The van der Waals surface area contributed by atoms with Gasteiger partial charge in [-0.1, -0.05) is 24.3 Å². The first-order valence-electron chi connectivity index (χ1n) is 7.04. The van der Waals surface area contributed by atoms with Gasteiger partial charge in [0.15, 0.2) is 0 Å². The fourth-order valence-corrected chi connectivity index (χ4v) is 2.56. The maximum absolute atomic E-state index is 5.71. The van der Waals surface area contributed by atoms with Gasteiger partial charge in [-0.25, -0.2) is 0 Å². The molecule has 0 N–H and O–H groups in total. The van der Waals surface area contributed by atoms with Gasteiger partial charge in [-0.15, -0.1) is 0 Å². The first-order valence-corrected chi connectivity index (χ1v) is 7.04. The Bertz CT molecular complexity index is 681. The van der Waals surface area contributed by atoms with Crippen LogP contribution in [0.5, 0.6) is 11.5 Å². The Balaban J connectivity index is 2.28. The van der Waals surface area contributed by atoms with Gasteiger partial charge in [0.05, 0.1) is 13.2 Å². The standard InChI is InChI=1S/C18H18O2/c1-3-19-17-9-5-7-13-12-16-14(11-15(13)17)8-6-10-18(16)20-4-2/h5-12H,3-4H2,1-2H3. The van der Waals surface area contributed by atoms with E-state index in [0.29, 0.717) is 13.2 Å². The molecule has 0 spiro atoms. The molecule has 0 fully saturated rings. The highest BCUT2D eigenvalue weighted by Crippen LogP contribution is 2.33. The third-order valence-corrected chi connectivity index (χ3v) is 3.40. The second-order valence-corrected chi connectivity index (χ2v) is 4.67. The van der Waals surface area contributed by atoms with Crippen LogP contribution in [-0.2, 0) is 0 Å². The fourth-order valence-electron chi connectivity index (χ4n) is 2.56. The average molecular weight is 266 g/mol. The summed E-state index contributed by atoms with van der Waals surface area (Å²) in [6.45, 7) is 5.37. The van der Waals surface area contributed by atoms with Crippen molar-refractivity contribution in [2.45, 2.75) is 13.8 Å². The van der Waals surface area contributed by atoms with E-state index < -0.39 is 0 Å². The molecule has 2 heteroatoms. The van der Waals surface area contributed by atoms with E-state index >= 15 is 0 Å². The molecule has 0 aliphatic rings. The van der Waals surface area contributed by atoms with Gasteiger partial charge >= 0.3 is 0 Å². The van der Waals surface area contributed by atoms with Gasteiger partial charge in [-0.05, 0) is 48.9 Å². The molecular formula is C18H18O2. The third kappa shape index (κ3) is 2.18. The largest absolute Gasteiger partial charge is 0.493 e. The number of fused-ring (bicyclic) bond motifs is 2. The summed E-state index contributed by atoms with van der Waals surface area (Å²) in [6.07, 6.45) is 0. The van der Waals surface area contributed by atoms with Crippen molar-refractivity contribution < 1.29 is 9.47 Å². The summed E-state index contributed by atoms with van der Waals surface area (Å²) < 4.78 is 11.4. The second kappa shape index (κ2) is 5.41. The highest BCUT2D eigenvalue weighted by Gasteiger charge is 2.07. The molecule has 0 heterocycles. The number of ether oxygens (including phenoxy) is 2. The Morgan fingerprint density at radius 3 is 1.55 bits per heavy atom. The Kier molecular flexibility index (Phi) is 3.46. The molecular weight excluding hydrogens is 248 g/mol. The van der Waals surface area contributed by atoms with Crippen molar-refractivity contribution in [2.75, 3.05) is 13.2 Å². The molecule has 3 rings (SSSR count). The normalized spacial score (nSPS) is 10.9. The SMILES string of the molecule is CCOc1cccc2cc3c(OCC)cccc3cc12. The summed E-state index contributed by atoms with van der Waals surface area (Å²) in [4.78, 5) is 0. The molecule has 0 saturated heterocycles. The summed E-state index contributed by atoms with van der Waals surface area (Å²) >= 11 is 0. The zero-order valence-electron chi connectivity index (χ0n) is 11.8. The first kappa shape index (κ1) is 12.8. The minimum absolute atomic E-state index is 0.677. The van der Waals surface area contributed by atoms with Crippen LogP contribution < -0.4 is 9.47 Å². The molecule has 0 aliphatic heterocycles. The molecule has 0 amide bonds. The number of hydrogen-bond acceptors (Lipinski definition) is 2. The molecule has 0 radical (unpaired) electrons. The van der Waals surface area contributed by atoms with Crippen LogP contribution in [0.3, 0.4) is 0 Å². The van der Waals surface area contributed by atoms with E-state index in [4.69, 9.17) is 9.47 Å². The fraction of sp³-hybridized carbons (Fsp3) is 0.222. The Morgan fingerprint density at radius 2 is 1.15 bits per heavy atom. The van der Waals surface area contributed by atoms with E-state index in [9.17, 15) is 0 Å². The van der Waals surface area contributed by atoms with Gasteiger partial charge in [0.1, 0.15) is 11.5 Å². The number of rotatable bonds is 4.